The van der Waals surface area contributed by atoms with Crippen molar-refractivity contribution >= 4 is 23.4 Å². The van der Waals surface area contributed by atoms with Crippen molar-refractivity contribution in [3.05, 3.63) is 6.07 Å². The molecule has 90 valence electrons. The van der Waals surface area contributed by atoms with E-state index in [1.54, 1.807) is 0 Å². The Morgan fingerprint density at radius 3 is 2.44 bits per heavy atom. The van der Waals surface area contributed by atoms with E-state index in [2.05, 4.69) is 34.6 Å². The highest BCUT2D eigenvalue weighted by atomic mass is 32.2. The first-order chi connectivity index (χ1) is 7.73. The standard InChI is InChI=1S/C10H19N5S/c1-4-7(5-2)12-8-6-9(15-11)14-10(13-8)16-3/h6-7H,4-5,11H2,1-3H3,(H2,12,13,14,15). The van der Waals surface area contributed by atoms with Crippen LogP contribution in [0.5, 0.6) is 0 Å². The van der Waals surface area contributed by atoms with Gasteiger partial charge in [0.15, 0.2) is 5.16 Å². The molecule has 0 aliphatic heterocycles. The predicted molar refractivity (Wildman–Crippen MR) is 69.6 cm³/mol. The van der Waals surface area contributed by atoms with E-state index in [4.69, 9.17) is 5.84 Å². The van der Waals surface area contributed by atoms with Crippen LogP contribution >= 0.6 is 11.8 Å². The van der Waals surface area contributed by atoms with Gasteiger partial charge in [0.25, 0.3) is 0 Å². The molecule has 4 N–H and O–H groups in total. The van der Waals surface area contributed by atoms with E-state index in [-0.39, 0.29) is 0 Å². The first-order valence-electron chi connectivity index (χ1n) is 5.39. The summed E-state index contributed by atoms with van der Waals surface area (Å²) in [6.45, 7) is 4.31. The molecule has 0 atom stereocenters. The summed E-state index contributed by atoms with van der Waals surface area (Å²) in [5, 5.41) is 4.08. The summed E-state index contributed by atoms with van der Waals surface area (Å²) >= 11 is 1.50. The molecule has 0 aromatic carbocycles. The molecule has 0 spiro atoms. The van der Waals surface area contributed by atoms with E-state index in [0.717, 1.165) is 18.7 Å². The second kappa shape index (κ2) is 6.55. The largest absolute Gasteiger partial charge is 0.367 e. The number of hydrogen-bond acceptors (Lipinski definition) is 6. The van der Waals surface area contributed by atoms with Crippen molar-refractivity contribution < 1.29 is 0 Å². The number of nitrogens with two attached hydrogens (primary N) is 1. The zero-order valence-electron chi connectivity index (χ0n) is 9.95. The van der Waals surface area contributed by atoms with Crippen LogP contribution in [0.1, 0.15) is 26.7 Å². The van der Waals surface area contributed by atoms with Gasteiger partial charge in [-0.2, -0.15) is 0 Å². The molecule has 0 aliphatic carbocycles. The molecule has 0 radical (unpaired) electrons. The number of hydrogen-bond donors (Lipinski definition) is 3. The van der Waals surface area contributed by atoms with Crippen molar-refractivity contribution in [3.63, 3.8) is 0 Å². The fraction of sp³-hybridized carbons (Fsp3) is 0.600. The highest BCUT2D eigenvalue weighted by Gasteiger charge is 2.07. The highest BCUT2D eigenvalue weighted by Crippen LogP contribution is 2.18. The van der Waals surface area contributed by atoms with Gasteiger partial charge in [-0.3, -0.25) is 0 Å². The molecule has 0 unspecified atom stereocenters. The van der Waals surface area contributed by atoms with Gasteiger partial charge in [-0.05, 0) is 19.1 Å². The first kappa shape index (κ1) is 13.1. The fourth-order valence-corrected chi connectivity index (χ4v) is 1.75. The average molecular weight is 241 g/mol. The molecule has 1 aromatic rings. The molecule has 6 heteroatoms. The summed E-state index contributed by atoms with van der Waals surface area (Å²) in [5.41, 5.74) is 2.55. The quantitative estimate of drug-likeness (QED) is 0.306. The van der Waals surface area contributed by atoms with E-state index in [1.165, 1.54) is 11.8 Å². The second-order valence-corrected chi connectivity index (χ2v) is 4.20. The number of rotatable bonds is 6. The number of anilines is 2. The van der Waals surface area contributed by atoms with Gasteiger partial charge in [0.1, 0.15) is 11.6 Å². The van der Waals surface area contributed by atoms with Crippen LogP contribution in [0.4, 0.5) is 11.6 Å². The van der Waals surface area contributed by atoms with E-state index < -0.39 is 0 Å². The number of hydrazine groups is 1. The Labute approximate surface area is 101 Å². The zero-order valence-corrected chi connectivity index (χ0v) is 10.8. The van der Waals surface area contributed by atoms with Gasteiger partial charge in [0, 0.05) is 12.1 Å². The maximum absolute atomic E-state index is 5.36. The van der Waals surface area contributed by atoms with Crippen molar-refractivity contribution in [3.8, 4) is 0 Å². The summed E-state index contributed by atoms with van der Waals surface area (Å²) in [4.78, 5) is 8.59. The molecule has 1 aromatic heterocycles. The average Bonchev–Trinajstić information content (AvgIpc) is 2.35. The molecule has 16 heavy (non-hydrogen) atoms. The molecule has 0 saturated heterocycles. The molecule has 1 rings (SSSR count). The number of thioether (sulfide) groups is 1. The maximum Gasteiger partial charge on any atom is 0.191 e. The molecule has 0 aliphatic rings. The van der Waals surface area contributed by atoms with Gasteiger partial charge in [-0.1, -0.05) is 25.6 Å². The third-order valence-corrected chi connectivity index (χ3v) is 2.92. The Morgan fingerprint density at radius 2 is 1.94 bits per heavy atom. The minimum Gasteiger partial charge on any atom is -0.367 e. The first-order valence-corrected chi connectivity index (χ1v) is 6.62. The van der Waals surface area contributed by atoms with Crippen molar-refractivity contribution in [1.29, 1.82) is 0 Å². The molecule has 0 amide bonds. The zero-order chi connectivity index (χ0) is 12.0. The third-order valence-electron chi connectivity index (χ3n) is 2.37. The van der Waals surface area contributed by atoms with Gasteiger partial charge >= 0.3 is 0 Å². The fourth-order valence-electron chi connectivity index (χ4n) is 1.37. The molecule has 5 nitrogen and oxygen atoms in total. The van der Waals surface area contributed by atoms with E-state index in [9.17, 15) is 0 Å². The topological polar surface area (TPSA) is 75.9 Å². The lowest BCUT2D eigenvalue weighted by Crippen LogP contribution is -2.19. The van der Waals surface area contributed by atoms with E-state index >= 15 is 0 Å². The minimum absolute atomic E-state index is 0.440. The second-order valence-electron chi connectivity index (χ2n) is 3.43. The highest BCUT2D eigenvalue weighted by molar-refractivity contribution is 7.98. The Hall–Kier alpha value is -1.01. The lowest BCUT2D eigenvalue weighted by atomic mass is 10.2. The summed E-state index contributed by atoms with van der Waals surface area (Å²) in [7, 11) is 0. The van der Waals surface area contributed by atoms with Crippen LogP contribution in [0.3, 0.4) is 0 Å². The van der Waals surface area contributed by atoms with Crippen LogP contribution in [0.25, 0.3) is 0 Å². The number of nitrogens with one attached hydrogen (secondary N) is 2. The number of nitrogens with zero attached hydrogens (tertiary/aromatic N) is 2. The van der Waals surface area contributed by atoms with Crippen molar-refractivity contribution in [2.75, 3.05) is 17.0 Å². The molecular weight excluding hydrogens is 222 g/mol. The van der Waals surface area contributed by atoms with Gasteiger partial charge in [0.05, 0.1) is 0 Å². The molecule has 0 bridgehead atoms. The van der Waals surface area contributed by atoms with Crippen LogP contribution in [0, 0.1) is 0 Å². The summed E-state index contributed by atoms with van der Waals surface area (Å²) in [5.74, 6) is 6.81. The van der Waals surface area contributed by atoms with Gasteiger partial charge < -0.3 is 10.7 Å². The summed E-state index contributed by atoms with van der Waals surface area (Å²) < 4.78 is 0. The van der Waals surface area contributed by atoms with Gasteiger partial charge in [-0.25, -0.2) is 15.8 Å². The normalized spacial score (nSPS) is 10.6. The van der Waals surface area contributed by atoms with Crippen LogP contribution < -0.4 is 16.6 Å². The summed E-state index contributed by atoms with van der Waals surface area (Å²) in [6.07, 6.45) is 4.08. The molecule has 1 heterocycles. The van der Waals surface area contributed by atoms with Gasteiger partial charge in [0.2, 0.25) is 0 Å². The van der Waals surface area contributed by atoms with Crippen LogP contribution in [0.2, 0.25) is 0 Å². The Bertz CT molecular complexity index is 305. The van der Waals surface area contributed by atoms with Crippen molar-refractivity contribution in [2.45, 2.75) is 37.9 Å². The molecule has 0 saturated carbocycles. The maximum atomic E-state index is 5.36. The van der Waals surface area contributed by atoms with Crippen LogP contribution in [-0.2, 0) is 0 Å². The third kappa shape index (κ3) is 3.53. The van der Waals surface area contributed by atoms with Gasteiger partial charge in [-0.15, -0.1) is 0 Å². The Morgan fingerprint density at radius 1 is 1.31 bits per heavy atom. The van der Waals surface area contributed by atoms with Crippen LogP contribution in [0.15, 0.2) is 11.2 Å². The minimum atomic E-state index is 0.440. The predicted octanol–water partition coefficient (Wildman–Crippen LogP) is 2.08. The Kier molecular flexibility index (Phi) is 5.34. The van der Waals surface area contributed by atoms with E-state index in [1.807, 2.05) is 12.3 Å². The Balaban J connectivity index is 2.85. The summed E-state index contributed by atoms with van der Waals surface area (Å²) in [6, 6.07) is 2.26. The monoisotopic (exact) mass is 241 g/mol. The lowest BCUT2D eigenvalue weighted by Gasteiger charge is -2.16. The molecule has 0 fully saturated rings. The smallest absolute Gasteiger partial charge is 0.191 e. The van der Waals surface area contributed by atoms with Crippen LogP contribution in [-0.4, -0.2) is 22.3 Å². The van der Waals surface area contributed by atoms with Crippen molar-refractivity contribution in [2.24, 2.45) is 5.84 Å². The van der Waals surface area contributed by atoms with Crippen molar-refractivity contribution in [1.82, 2.24) is 9.97 Å². The molecular formula is C10H19N5S. The SMILES string of the molecule is CCC(CC)Nc1cc(NN)nc(SC)n1. The van der Waals surface area contributed by atoms with E-state index in [0.29, 0.717) is 17.0 Å². The number of aromatic nitrogens is 2. The lowest BCUT2D eigenvalue weighted by molar-refractivity contribution is 0.666. The number of nitrogen functional groups attached to an aromatic ring is 1.